The summed E-state index contributed by atoms with van der Waals surface area (Å²) >= 11 is 0. The predicted molar refractivity (Wildman–Crippen MR) is 132 cm³/mol. The van der Waals surface area contributed by atoms with E-state index in [0.29, 0.717) is 33.7 Å². The molecule has 1 N–H and O–H groups in total. The van der Waals surface area contributed by atoms with E-state index in [9.17, 15) is 5.11 Å². The maximum Gasteiger partial charge on any atom is 0.0777 e. The van der Waals surface area contributed by atoms with Crippen LogP contribution in [-0.2, 0) is 4.74 Å². The molecule has 2 heteroatoms. The summed E-state index contributed by atoms with van der Waals surface area (Å²) in [5, 5.41) is 10.3. The van der Waals surface area contributed by atoms with E-state index in [1.54, 1.807) is 0 Å². The Hall–Kier alpha value is -0.340. The Morgan fingerprint density at radius 1 is 0.875 bits per heavy atom. The SMILES string of the molecule is C=C(C)[C@@H](O)CC[C@@H](C)[C@H]1CC[C@@]2(C)[C@@H]3CC[C@@H]4C(C)(C)C5CCC4(O5)[C@@]3(C)CC[C@]12C. The number of rotatable bonds is 5. The van der Waals surface area contributed by atoms with Crippen molar-refractivity contribution in [1.82, 2.24) is 0 Å². The van der Waals surface area contributed by atoms with Crippen LogP contribution in [0.3, 0.4) is 0 Å². The maximum absolute atomic E-state index is 10.3. The van der Waals surface area contributed by atoms with Gasteiger partial charge in [0.1, 0.15) is 0 Å². The molecule has 10 atom stereocenters. The Balaban J connectivity index is 1.42. The number of aliphatic hydroxyl groups excluding tert-OH is 1. The van der Waals surface area contributed by atoms with E-state index in [2.05, 4.69) is 48.1 Å². The van der Waals surface area contributed by atoms with Gasteiger partial charge in [0, 0.05) is 5.41 Å². The average molecular weight is 443 g/mol. The van der Waals surface area contributed by atoms with E-state index in [1.807, 2.05) is 6.92 Å². The summed E-state index contributed by atoms with van der Waals surface area (Å²) in [6.07, 6.45) is 13.0. The Morgan fingerprint density at radius 2 is 1.53 bits per heavy atom. The third-order valence-corrected chi connectivity index (χ3v) is 13.1. The van der Waals surface area contributed by atoms with Gasteiger partial charge in [-0.15, -0.1) is 0 Å². The fraction of sp³-hybridized carbons (Fsp3) is 0.933. The van der Waals surface area contributed by atoms with Crippen LogP contribution in [0.15, 0.2) is 12.2 Å². The fourth-order valence-electron chi connectivity index (χ4n) is 10.9. The van der Waals surface area contributed by atoms with Gasteiger partial charge in [0.25, 0.3) is 0 Å². The highest BCUT2D eigenvalue weighted by Gasteiger charge is 2.76. The van der Waals surface area contributed by atoms with Gasteiger partial charge in [-0.3, -0.25) is 0 Å². The zero-order valence-corrected chi connectivity index (χ0v) is 22.1. The van der Waals surface area contributed by atoms with Crippen LogP contribution in [0.5, 0.6) is 0 Å². The fourth-order valence-corrected chi connectivity index (χ4v) is 10.9. The molecule has 0 amide bonds. The third kappa shape index (κ3) is 2.66. The Morgan fingerprint density at radius 3 is 2.22 bits per heavy atom. The quantitative estimate of drug-likeness (QED) is 0.445. The topological polar surface area (TPSA) is 29.5 Å². The van der Waals surface area contributed by atoms with Crippen molar-refractivity contribution in [2.45, 2.75) is 130 Å². The summed E-state index contributed by atoms with van der Waals surface area (Å²) in [5.41, 5.74) is 2.58. The lowest BCUT2D eigenvalue weighted by molar-refractivity contribution is -0.230. The molecular weight excluding hydrogens is 392 g/mol. The molecule has 182 valence electrons. The molecule has 2 bridgehead atoms. The molecule has 2 saturated heterocycles. The monoisotopic (exact) mass is 442 g/mol. The van der Waals surface area contributed by atoms with E-state index < -0.39 is 0 Å². The van der Waals surface area contributed by atoms with E-state index in [1.165, 1.54) is 51.4 Å². The van der Waals surface area contributed by atoms with Crippen molar-refractivity contribution in [2.24, 2.45) is 45.3 Å². The van der Waals surface area contributed by atoms with Crippen molar-refractivity contribution in [1.29, 1.82) is 0 Å². The minimum absolute atomic E-state index is 0.143. The third-order valence-electron chi connectivity index (χ3n) is 13.1. The maximum atomic E-state index is 10.3. The van der Waals surface area contributed by atoms with Gasteiger partial charge in [0.05, 0.1) is 17.8 Å². The molecular formula is C30H50O2. The van der Waals surface area contributed by atoms with Gasteiger partial charge in [0.2, 0.25) is 0 Å². The van der Waals surface area contributed by atoms with Crippen LogP contribution in [0.1, 0.15) is 113 Å². The summed E-state index contributed by atoms with van der Waals surface area (Å²) in [4.78, 5) is 0. The van der Waals surface area contributed by atoms with Crippen molar-refractivity contribution >= 4 is 0 Å². The number of fused-ring (bicyclic) bond motifs is 4. The van der Waals surface area contributed by atoms with Crippen molar-refractivity contribution in [2.75, 3.05) is 0 Å². The first-order valence-corrected chi connectivity index (χ1v) is 13.8. The second-order valence-corrected chi connectivity index (χ2v) is 14.4. The molecule has 0 aromatic rings. The van der Waals surface area contributed by atoms with Gasteiger partial charge in [-0.25, -0.2) is 0 Å². The smallest absolute Gasteiger partial charge is 0.0777 e. The Bertz CT molecular complexity index is 786. The van der Waals surface area contributed by atoms with Crippen LogP contribution in [-0.4, -0.2) is 22.9 Å². The van der Waals surface area contributed by atoms with Gasteiger partial charge in [-0.1, -0.05) is 53.7 Å². The first-order chi connectivity index (χ1) is 14.8. The number of ether oxygens (including phenoxy) is 1. The predicted octanol–water partition coefficient (Wildman–Crippen LogP) is 7.55. The summed E-state index contributed by atoms with van der Waals surface area (Å²) < 4.78 is 7.10. The molecule has 32 heavy (non-hydrogen) atoms. The first-order valence-electron chi connectivity index (χ1n) is 13.8. The zero-order chi connectivity index (χ0) is 23.3. The standard InChI is InChI=1S/C30H50O2/c1-19(2)22(31)10-9-20(3)21-13-15-28(7)24-12-11-23-26(4,5)25-14-16-30(23,32-25)29(24,8)18-17-27(21,28)6/h20-25,31H,1,9-18H2,2-8H3/t20-,21-,22+,23-,24+,25?,27-,28+,29+,30?/m1/s1. The summed E-state index contributed by atoms with van der Waals surface area (Å²) in [7, 11) is 0. The summed E-state index contributed by atoms with van der Waals surface area (Å²) in [6.45, 7) is 21.4. The van der Waals surface area contributed by atoms with E-state index in [-0.39, 0.29) is 11.7 Å². The lowest BCUT2D eigenvalue weighted by Gasteiger charge is -2.68. The van der Waals surface area contributed by atoms with Crippen LogP contribution in [0, 0.1) is 45.3 Å². The van der Waals surface area contributed by atoms with E-state index >= 15 is 0 Å². The van der Waals surface area contributed by atoms with Crippen LogP contribution in [0.25, 0.3) is 0 Å². The molecule has 0 aromatic carbocycles. The Kier molecular flexibility index (Phi) is 5.19. The molecule has 2 unspecified atom stereocenters. The molecule has 0 aromatic heterocycles. The molecule has 3 saturated carbocycles. The minimum Gasteiger partial charge on any atom is -0.389 e. The van der Waals surface area contributed by atoms with E-state index in [4.69, 9.17) is 4.74 Å². The second-order valence-electron chi connectivity index (χ2n) is 14.4. The summed E-state index contributed by atoms with van der Waals surface area (Å²) in [5.74, 6) is 2.99. The second kappa shape index (κ2) is 7.09. The molecule has 5 fully saturated rings. The first kappa shape index (κ1) is 23.4. The number of hydrogen-bond acceptors (Lipinski definition) is 2. The summed E-state index contributed by atoms with van der Waals surface area (Å²) in [6, 6.07) is 0. The van der Waals surface area contributed by atoms with Crippen molar-refractivity contribution < 1.29 is 9.84 Å². The normalized spacial score (nSPS) is 52.8. The van der Waals surface area contributed by atoms with Crippen molar-refractivity contribution in [3.8, 4) is 0 Å². The van der Waals surface area contributed by atoms with Gasteiger partial charge < -0.3 is 9.84 Å². The molecule has 5 aliphatic rings. The molecule has 0 radical (unpaired) electrons. The van der Waals surface area contributed by atoms with Gasteiger partial charge in [-0.2, -0.15) is 0 Å². The van der Waals surface area contributed by atoms with Crippen LogP contribution < -0.4 is 0 Å². The lowest BCUT2D eigenvalue weighted by atomic mass is 9.36. The van der Waals surface area contributed by atoms with Crippen molar-refractivity contribution in [3.63, 3.8) is 0 Å². The minimum atomic E-state index is -0.333. The lowest BCUT2D eigenvalue weighted by Crippen LogP contribution is -2.66. The van der Waals surface area contributed by atoms with Crippen molar-refractivity contribution in [3.05, 3.63) is 12.2 Å². The van der Waals surface area contributed by atoms with Gasteiger partial charge in [-0.05, 0) is 111 Å². The molecule has 1 spiro atoms. The molecule has 2 aliphatic heterocycles. The van der Waals surface area contributed by atoms with Crippen LogP contribution in [0.4, 0.5) is 0 Å². The van der Waals surface area contributed by atoms with Gasteiger partial charge in [0.15, 0.2) is 0 Å². The number of hydrogen-bond donors (Lipinski definition) is 1. The Labute approximate surface area is 198 Å². The van der Waals surface area contributed by atoms with Gasteiger partial charge >= 0.3 is 0 Å². The number of aliphatic hydroxyl groups is 1. The highest BCUT2D eigenvalue weighted by Crippen LogP contribution is 2.79. The molecule has 3 aliphatic carbocycles. The molecule has 5 rings (SSSR count). The van der Waals surface area contributed by atoms with Crippen LogP contribution in [0.2, 0.25) is 0 Å². The molecule has 2 nitrogen and oxygen atoms in total. The average Bonchev–Trinajstić information content (AvgIpc) is 3.35. The van der Waals surface area contributed by atoms with E-state index in [0.717, 1.165) is 36.2 Å². The highest BCUT2D eigenvalue weighted by molar-refractivity contribution is 5.25. The zero-order valence-electron chi connectivity index (χ0n) is 22.1. The highest BCUT2D eigenvalue weighted by atomic mass is 16.5. The largest absolute Gasteiger partial charge is 0.389 e. The molecule has 2 heterocycles. The van der Waals surface area contributed by atoms with Crippen LogP contribution >= 0.6 is 0 Å².